The number of piperazine rings is 1. The van der Waals surface area contributed by atoms with E-state index >= 15 is 0 Å². The molecule has 3 fully saturated rings. The number of carbonyl (C=O) groups excluding carboxylic acids is 1. The second-order valence-electron chi connectivity index (χ2n) is 9.80. The SMILES string of the molecule is O=C(Cc1ccccc1OC(F)(F)F)N1CCC2=NC(N3CCN(C4CCC4)CC3)=NCC2CC1. The van der Waals surface area contributed by atoms with Crippen molar-refractivity contribution in [3.63, 3.8) is 0 Å². The largest absolute Gasteiger partial charge is 0.573 e. The summed E-state index contributed by atoms with van der Waals surface area (Å²) in [6.45, 7) is 5.75. The number of aliphatic imine (C=N–C) groups is 2. The highest BCUT2D eigenvalue weighted by Gasteiger charge is 2.34. The second-order valence-corrected chi connectivity index (χ2v) is 9.80. The van der Waals surface area contributed by atoms with Gasteiger partial charge in [0.15, 0.2) is 0 Å². The number of benzene rings is 1. The van der Waals surface area contributed by atoms with Gasteiger partial charge in [-0.2, -0.15) is 0 Å². The van der Waals surface area contributed by atoms with E-state index in [1.807, 2.05) is 0 Å². The summed E-state index contributed by atoms with van der Waals surface area (Å²) in [7, 11) is 0. The molecular formula is C25H32F3N5O2. The Morgan fingerprint density at radius 3 is 2.51 bits per heavy atom. The van der Waals surface area contributed by atoms with Crippen molar-refractivity contribution >= 4 is 17.6 Å². The summed E-state index contributed by atoms with van der Waals surface area (Å²) in [4.78, 5) is 29.3. The van der Waals surface area contributed by atoms with Crippen LogP contribution in [0.5, 0.6) is 5.75 Å². The number of nitrogens with zero attached hydrogens (tertiary/aromatic N) is 5. The molecule has 0 aromatic heterocycles. The summed E-state index contributed by atoms with van der Waals surface area (Å²) in [6.07, 6.45) is 0.491. The molecule has 0 spiro atoms. The average Bonchev–Trinajstić information content (AvgIpc) is 3.01. The van der Waals surface area contributed by atoms with Gasteiger partial charge in [0.2, 0.25) is 11.9 Å². The zero-order valence-corrected chi connectivity index (χ0v) is 19.8. The van der Waals surface area contributed by atoms with Crippen LogP contribution in [0.25, 0.3) is 0 Å². The van der Waals surface area contributed by atoms with Crippen molar-refractivity contribution < 1.29 is 22.7 Å². The Labute approximate surface area is 203 Å². The Morgan fingerprint density at radius 2 is 1.80 bits per heavy atom. The number of halogens is 3. The Kier molecular flexibility index (Phi) is 7.00. The number of para-hydroxylation sites is 1. The fraction of sp³-hybridized carbons (Fsp3) is 0.640. The number of hydrogen-bond donors (Lipinski definition) is 0. The number of likely N-dealkylation sites (tertiary alicyclic amines) is 1. The van der Waals surface area contributed by atoms with Gasteiger partial charge in [-0.05, 0) is 25.3 Å². The van der Waals surface area contributed by atoms with Crippen molar-refractivity contribution in [3.05, 3.63) is 29.8 Å². The quantitative estimate of drug-likeness (QED) is 0.648. The molecule has 10 heteroatoms. The lowest BCUT2D eigenvalue weighted by Gasteiger charge is -2.43. The van der Waals surface area contributed by atoms with Gasteiger partial charge in [-0.3, -0.25) is 14.7 Å². The van der Waals surface area contributed by atoms with Crippen LogP contribution in [-0.4, -0.2) is 90.5 Å². The van der Waals surface area contributed by atoms with Crippen molar-refractivity contribution in [1.29, 1.82) is 0 Å². The lowest BCUT2D eigenvalue weighted by atomic mass is 9.91. The first kappa shape index (κ1) is 24.1. The van der Waals surface area contributed by atoms with E-state index in [2.05, 4.69) is 14.5 Å². The average molecular weight is 492 g/mol. The van der Waals surface area contributed by atoms with Crippen molar-refractivity contribution in [2.45, 2.75) is 50.9 Å². The van der Waals surface area contributed by atoms with Gasteiger partial charge in [0.1, 0.15) is 5.75 Å². The molecule has 1 aromatic rings. The summed E-state index contributed by atoms with van der Waals surface area (Å²) < 4.78 is 42.3. The van der Waals surface area contributed by atoms with Crippen LogP contribution >= 0.6 is 0 Å². The Hall–Kier alpha value is -2.62. The van der Waals surface area contributed by atoms with Gasteiger partial charge in [0.25, 0.3) is 0 Å². The molecule has 190 valence electrons. The third-order valence-electron chi connectivity index (χ3n) is 7.63. The summed E-state index contributed by atoms with van der Waals surface area (Å²) in [5.74, 6) is 0.517. The number of rotatable bonds is 4. The summed E-state index contributed by atoms with van der Waals surface area (Å²) >= 11 is 0. The van der Waals surface area contributed by atoms with Crippen molar-refractivity contribution in [2.24, 2.45) is 15.9 Å². The smallest absolute Gasteiger partial charge is 0.405 e. The fourth-order valence-electron chi connectivity index (χ4n) is 5.35. The third-order valence-corrected chi connectivity index (χ3v) is 7.63. The van der Waals surface area contributed by atoms with Gasteiger partial charge >= 0.3 is 6.36 Å². The van der Waals surface area contributed by atoms with Crippen LogP contribution in [0.4, 0.5) is 13.2 Å². The molecule has 1 aliphatic carbocycles. The molecule has 0 bridgehead atoms. The van der Waals surface area contributed by atoms with E-state index in [-0.39, 0.29) is 29.6 Å². The first-order valence-corrected chi connectivity index (χ1v) is 12.6. The number of amides is 1. The second kappa shape index (κ2) is 10.2. The number of guanidine groups is 1. The van der Waals surface area contributed by atoms with Crippen LogP contribution in [0, 0.1) is 5.92 Å². The minimum absolute atomic E-state index is 0.129. The molecule has 1 unspecified atom stereocenters. The van der Waals surface area contributed by atoms with Crippen molar-refractivity contribution in [2.75, 3.05) is 45.8 Å². The molecule has 1 amide bonds. The molecule has 1 saturated carbocycles. The maximum absolute atomic E-state index is 13.0. The predicted molar refractivity (Wildman–Crippen MR) is 127 cm³/mol. The minimum Gasteiger partial charge on any atom is -0.405 e. The van der Waals surface area contributed by atoms with Gasteiger partial charge in [0.05, 0.1) is 13.0 Å². The van der Waals surface area contributed by atoms with E-state index < -0.39 is 6.36 Å². The highest BCUT2D eigenvalue weighted by atomic mass is 19.4. The van der Waals surface area contributed by atoms with Gasteiger partial charge in [-0.15, -0.1) is 13.2 Å². The van der Waals surface area contributed by atoms with E-state index in [1.54, 1.807) is 11.0 Å². The van der Waals surface area contributed by atoms with E-state index in [9.17, 15) is 18.0 Å². The maximum atomic E-state index is 13.0. The fourth-order valence-corrected chi connectivity index (χ4v) is 5.35. The van der Waals surface area contributed by atoms with Crippen LogP contribution in [0.15, 0.2) is 34.3 Å². The summed E-state index contributed by atoms with van der Waals surface area (Å²) in [6, 6.07) is 6.59. The lowest BCUT2D eigenvalue weighted by molar-refractivity contribution is -0.274. The highest BCUT2D eigenvalue weighted by molar-refractivity contribution is 6.00. The van der Waals surface area contributed by atoms with Gasteiger partial charge in [-0.1, -0.05) is 24.6 Å². The number of carbonyl (C=O) groups is 1. The first-order chi connectivity index (χ1) is 16.9. The molecule has 4 aliphatic rings. The minimum atomic E-state index is -4.79. The normalized spacial score (nSPS) is 24.1. The van der Waals surface area contributed by atoms with Crippen LogP contribution in [0.2, 0.25) is 0 Å². The summed E-state index contributed by atoms with van der Waals surface area (Å²) in [5.41, 5.74) is 1.33. The zero-order valence-electron chi connectivity index (χ0n) is 19.8. The van der Waals surface area contributed by atoms with Gasteiger partial charge in [0, 0.05) is 68.9 Å². The molecule has 3 heterocycles. The van der Waals surface area contributed by atoms with Crippen molar-refractivity contribution in [1.82, 2.24) is 14.7 Å². The monoisotopic (exact) mass is 491 g/mol. The molecule has 1 aromatic carbocycles. The Morgan fingerprint density at radius 1 is 1.03 bits per heavy atom. The number of alkyl halides is 3. The van der Waals surface area contributed by atoms with Gasteiger partial charge < -0.3 is 14.5 Å². The van der Waals surface area contributed by atoms with Crippen LogP contribution < -0.4 is 4.74 Å². The van der Waals surface area contributed by atoms with Crippen LogP contribution in [-0.2, 0) is 11.2 Å². The third kappa shape index (κ3) is 5.79. The molecule has 5 rings (SSSR count). The van der Waals surface area contributed by atoms with E-state index in [1.165, 1.54) is 37.5 Å². The number of fused-ring (bicyclic) bond motifs is 1. The molecule has 0 N–H and O–H groups in total. The van der Waals surface area contributed by atoms with E-state index in [4.69, 9.17) is 9.98 Å². The lowest BCUT2D eigenvalue weighted by Crippen LogP contribution is -2.53. The van der Waals surface area contributed by atoms with Crippen LogP contribution in [0.3, 0.4) is 0 Å². The molecular weight excluding hydrogens is 459 g/mol. The molecule has 35 heavy (non-hydrogen) atoms. The first-order valence-electron chi connectivity index (χ1n) is 12.6. The van der Waals surface area contributed by atoms with Crippen LogP contribution in [0.1, 0.15) is 37.7 Å². The maximum Gasteiger partial charge on any atom is 0.573 e. The number of hydrogen-bond acceptors (Lipinski definition) is 6. The standard InChI is InChI=1S/C25H32F3N5O2/c26-25(27,28)35-22-7-2-1-4-18(22)16-23(34)32-10-8-19-17-29-24(30-21(19)9-11-32)33-14-12-31(13-15-33)20-5-3-6-20/h1-2,4,7,19-20H,3,5-6,8-17H2. The molecule has 7 nitrogen and oxygen atoms in total. The summed E-state index contributed by atoms with van der Waals surface area (Å²) in [5, 5.41) is 0. The van der Waals surface area contributed by atoms with E-state index in [0.29, 0.717) is 26.1 Å². The predicted octanol–water partition coefficient (Wildman–Crippen LogP) is 3.35. The van der Waals surface area contributed by atoms with Gasteiger partial charge in [-0.25, -0.2) is 4.99 Å². The molecule has 0 radical (unpaired) electrons. The Bertz CT molecular complexity index is 984. The molecule has 2 saturated heterocycles. The zero-order chi connectivity index (χ0) is 24.4. The Balaban J connectivity index is 1.17. The molecule has 3 aliphatic heterocycles. The highest BCUT2D eigenvalue weighted by Crippen LogP contribution is 2.28. The number of ether oxygens (including phenoxy) is 1. The van der Waals surface area contributed by atoms with E-state index in [0.717, 1.165) is 50.3 Å². The topological polar surface area (TPSA) is 60.7 Å². The van der Waals surface area contributed by atoms with Crippen molar-refractivity contribution in [3.8, 4) is 5.75 Å². The molecule has 1 atom stereocenters.